The summed E-state index contributed by atoms with van der Waals surface area (Å²) in [6, 6.07) is 7.40. The van der Waals surface area contributed by atoms with E-state index >= 15 is 0 Å². The summed E-state index contributed by atoms with van der Waals surface area (Å²) in [5.41, 5.74) is 1.43. The number of sulfonamides is 1. The van der Waals surface area contributed by atoms with E-state index in [2.05, 4.69) is 19.5 Å². The van der Waals surface area contributed by atoms with Crippen molar-refractivity contribution in [2.24, 2.45) is 0 Å². The van der Waals surface area contributed by atoms with Crippen LogP contribution in [0.5, 0.6) is 0 Å². The molecule has 0 radical (unpaired) electrons. The third-order valence-electron chi connectivity index (χ3n) is 5.18. The van der Waals surface area contributed by atoms with E-state index in [1.165, 1.54) is 6.42 Å². The Morgan fingerprint density at radius 3 is 2.93 bits per heavy atom. The molecule has 4 rings (SSSR count). The number of hydrogen-bond donors (Lipinski definition) is 1. The van der Waals surface area contributed by atoms with Crippen LogP contribution in [-0.4, -0.2) is 41.6 Å². The quantitative estimate of drug-likeness (QED) is 0.848. The lowest BCUT2D eigenvalue weighted by Gasteiger charge is -2.22. The van der Waals surface area contributed by atoms with Gasteiger partial charge in [-0.2, -0.15) is 0 Å². The molecule has 1 unspecified atom stereocenters. The van der Waals surface area contributed by atoms with Gasteiger partial charge in [0.1, 0.15) is 5.82 Å². The average Bonchev–Trinajstić information content (AvgIpc) is 2.90. The Morgan fingerprint density at radius 2 is 2.07 bits per heavy atom. The number of nitrogens with zero attached hydrogens (tertiary/aromatic N) is 3. The second-order valence-electron chi connectivity index (χ2n) is 7.35. The first-order valence-electron chi connectivity index (χ1n) is 9.75. The van der Waals surface area contributed by atoms with Gasteiger partial charge in [-0.05, 0) is 44.2 Å². The van der Waals surface area contributed by atoms with Crippen molar-refractivity contribution < 1.29 is 13.2 Å². The number of fused-ring (bicyclic) bond motifs is 1. The molecule has 0 saturated carbocycles. The fraction of sp³-hybridized carbons (Fsp3) is 0.579. The third-order valence-corrected chi connectivity index (χ3v) is 6.54. The number of nitrogens with one attached hydrogen (secondary N) is 1. The molecule has 3 heterocycles. The van der Waals surface area contributed by atoms with Crippen molar-refractivity contribution in [3.8, 4) is 11.4 Å². The van der Waals surface area contributed by atoms with Crippen molar-refractivity contribution in [1.29, 1.82) is 0 Å². The Hall–Kier alpha value is -1.93. The molecule has 2 aliphatic rings. The molecule has 2 aliphatic heterocycles. The van der Waals surface area contributed by atoms with Gasteiger partial charge >= 0.3 is 0 Å². The topological polar surface area (TPSA) is 86.1 Å². The van der Waals surface area contributed by atoms with E-state index in [1.54, 1.807) is 6.07 Å². The summed E-state index contributed by atoms with van der Waals surface area (Å²) in [5.74, 6) is 1.82. The first-order valence-corrected chi connectivity index (χ1v) is 11.4. The second kappa shape index (κ2) is 7.98. The molecule has 0 aliphatic carbocycles. The molecule has 7 nitrogen and oxygen atoms in total. The number of aromatic nitrogens is 3. The van der Waals surface area contributed by atoms with E-state index in [0.29, 0.717) is 12.3 Å². The molecule has 146 valence electrons. The average molecular weight is 391 g/mol. The van der Waals surface area contributed by atoms with Gasteiger partial charge in [0.15, 0.2) is 5.82 Å². The number of hydrogen-bond acceptors (Lipinski definition) is 5. The van der Waals surface area contributed by atoms with Crippen molar-refractivity contribution >= 4 is 15.7 Å². The minimum Gasteiger partial charge on any atom is -0.377 e. The second-order valence-corrected chi connectivity index (χ2v) is 9.12. The molecule has 8 heteroatoms. The highest BCUT2D eigenvalue weighted by molar-refractivity contribution is 7.92. The molecule has 1 atom stereocenters. The molecule has 1 aromatic heterocycles. The monoisotopic (exact) mass is 390 g/mol. The van der Waals surface area contributed by atoms with Crippen LogP contribution in [0.1, 0.15) is 44.3 Å². The third kappa shape index (κ3) is 4.50. The lowest BCUT2D eigenvalue weighted by atomic mass is 10.1. The van der Waals surface area contributed by atoms with Gasteiger partial charge in [-0.1, -0.05) is 18.6 Å². The van der Waals surface area contributed by atoms with Gasteiger partial charge in [-0.15, -0.1) is 10.2 Å². The summed E-state index contributed by atoms with van der Waals surface area (Å²) in [5, 5.41) is 8.69. The Morgan fingerprint density at radius 1 is 1.15 bits per heavy atom. The maximum atomic E-state index is 12.5. The Balaban J connectivity index is 1.52. The highest BCUT2D eigenvalue weighted by Crippen LogP contribution is 2.25. The van der Waals surface area contributed by atoms with E-state index in [9.17, 15) is 8.42 Å². The SMILES string of the molecule is O=S(=O)(CC1CCCCO1)Nc1cccc(-c2nnc3n2CCCCC3)c1. The molecule has 1 aromatic carbocycles. The maximum Gasteiger partial charge on any atom is 0.235 e. The summed E-state index contributed by atoms with van der Waals surface area (Å²) in [7, 11) is -3.46. The largest absolute Gasteiger partial charge is 0.377 e. The Labute approximate surface area is 160 Å². The molecular formula is C19H26N4O3S. The van der Waals surface area contributed by atoms with Crippen LogP contribution in [-0.2, 0) is 27.7 Å². The number of benzene rings is 1. The van der Waals surface area contributed by atoms with Crippen LogP contribution in [0.2, 0.25) is 0 Å². The fourth-order valence-electron chi connectivity index (χ4n) is 3.83. The maximum absolute atomic E-state index is 12.5. The number of ether oxygens (including phenoxy) is 1. The first-order chi connectivity index (χ1) is 13.1. The summed E-state index contributed by atoms with van der Waals surface area (Å²) in [4.78, 5) is 0. The summed E-state index contributed by atoms with van der Waals surface area (Å²) in [6.07, 6.45) is 7.01. The molecule has 1 fully saturated rings. The lowest BCUT2D eigenvalue weighted by Crippen LogP contribution is -2.30. The zero-order valence-corrected chi connectivity index (χ0v) is 16.2. The van der Waals surface area contributed by atoms with Gasteiger partial charge in [0, 0.05) is 30.8 Å². The van der Waals surface area contributed by atoms with E-state index in [1.807, 2.05) is 18.2 Å². The molecule has 1 saturated heterocycles. The van der Waals surface area contributed by atoms with Gasteiger partial charge in [0.2, 0.25) is 10.0 Å². The van der Waals surface area contributed by atoms with E-state index in [0.717, 1.165) is 62.3 Å². The van der Waals surface area contributed by atoms with Crippen LogP contribution in [0.25, 0.3) is 11.4 Å². The van der Waals surface area contributed by atoms with Gasteiger partial charge in [-0.3, -0.25) is 4.72 Å². The van der Waals surface area contributed by atoms with Crippen molar-refractivity contribution in [2.75, 3.05) is 17.1 Å². The zero-order chi connectivity index (χ0) is 18.7. The molecule has 0 bridgehead atoms. The number of aryl methyl sites for hydroxylation is 1. The molecule has 27 heavy (non-hydrogen) atoms. The van der Waals surface area contributed by atoms with Gasteiger partial charge in [-0.25, -0.2) is 8.42 Å². The van der Waals surface area contributed by atoms with Crippen molar-refractivity contribution in [1.82, 2.24) is 14.8 Å². The molecule has 2 aromatic rings. The minimum absolute atomic E-state index is 0.00242. The Kier molecular flexibility index (Phi) is 5.45. The van der Waals surface area contributed by atoms with Gasteiger partial charge in [0.05, 0.1) is 11.9 Å². The van der Waals surface area contributed by atoms with Crippen LogP contribution < -0.4 is 4.72 Å². The normalized spacial score (nSPS) is 20.7. The Bertz CT molecular complexity index is 888. The number of rotatable bonds is 5. The first kappa shape index (κ1) is 18.4. The van der Waals surface area contributed by atoms with E-state index in [-0.39, 0.29) is 11.9 Å². The predicted molar refractivity (Wildman–Crippen MR) is 104 cm³/mol. The minimum atomic E-state index is -3.46. The number of anilines is 1. The molecule has 1 N–H and O–H groups in total. The van der Waals surface area contributed by atoms with Crippen molar-refractivity contribution in [2.45, 2.75) is 57.6 Å². The summed E-state index contributed by atoms with van der Waals surface area (Å²) >= 11 is 0. The summed E-state index contributed by atoms with van der Waals surface area (Å²) in [6.45, 7) is 1.56. The van der Waals surface area contributed by atoms with Crippen molar-refractivity contribution in [3.05, 3.63) is 30.1 Å². The van der Waals surface area contributed by atoms with Crippen LogP contribution in [0.4, 0.5) is 5.69 Å². The van der Waals surface area contributed by atoms with E-state index in [4.69, 9.17) is 4.74 Å². The molecule has 0 spiro atoms. The fourth-order valence-corrected chi connectivity index (χ4v) is 5.15. The lowest BCUT2D eigenvalue weighted by molar-refractivity contribution is 0.0306. The standard InChI is InChI=1S/C19H26N4O3S/c24-27(25,14-17-9-3-5-12-26-17)22-16-8-6-7-15(13-16)19-21-20-18-10-2-1-4-11-23(18)19/h6-8,13,17,22H,1-5,9-12,14H2. The highest BCUT2D eigenvalue weighted by atomic mass is 32.2. The molecular weight excluding hydrogens is 364 g/mol. The summed E-state index contributed by atoms with van der Waals surface area (Å²) < 4.78 is 35.5. The van der Waals surface area contributed by atoms with E-state index < -0.39 is 10.0 Å². The highest BCUT2D eigenvalue weighted by Gasteiger charge is 2.22. The van der Waals surface area contributed by atoms with Crippen LogP contribution >= 0.6 is 0 Å². The van der Waals surface area contributed by atoms with Crippen LogP contribution in [0.15, 0.2) is 24.3 Å². The predicted octanol–water partition coefficient (Wildman–Crippen LogP) is 2.98. The van der Waals surface area contributed by atoms with Gasteiger partial charge < -0.3 is 9.30 Å². The zero-order valence-electron chi connectivity index (χ0n) is 15.4. The van der Waals surface area contributed by atoms with Crippen LogP contribution in [0.3, 0.4) is 0 Å². The smallest absolute Gasteiger partial charge is 0.235 e. The van der Waals surface area contributed by atoms with Gasteiger partial charge in [0.25, 0.3) is 0 Å². The van der Waals surface area contributed by atoms with Crippen LogP contribution in [0, 0.1) is 0 Å². The molecule has 0 amide bonds. The van der Waals surface area contributed by atoms with Crippen molar-refractivity contribution in [3.63, 3.8) is 0 Å².